The summed E-state index contributed by atoms with van der Waals surface area (Å²) in [5.41, 5.74) is 1.82. The highest BCUT2D eigenvalue weighted by Crippen LogP contribution is 2.28. The molecule has 0 saturated heterocycles. The summed E-state index contributed by atoms with van der Waals surface area (Å²) in [6.45, 7) is 2.56. The Balaban J connectivity index is 3.14. The number of rotatable bonds is 2. The molecule has 0 aliphatic rings. The molecule has 2 N–H and O–H groups in total. The van der Waals surface area contributed by atoms with Gasteiger partial charge in [0.2, 0.25) is 0 Å². The van der Waals surface area contributed by atoms with Gasteiger partial charge in [-0.05, 0) is 25.6 Å². The van der Waals surface area contributed by atoms with Crippen LogP contribution in [0.1, 0.15) is 11.1 Å². The van der Waals surface area contributed by atoms with Crippen molar-refractivity contribution in [2.75, 3.05) is 7.05 Å². The average Bonchev–Trinajstić information content (AvgIpc) is 2.06. The normalized spacial score (nSPS) is 10.2. The van der Waals surface area contributed by atoms with Crippen molar-refractivity contribution in [2.45, 2.75) is 13.5 Å². The first-order valence-electron chi connectivity index (χ1n) is 3.78. The molecule has 0 fully saturated rings. The fraction of sp³-hybridized carbons (Fsp3) is 0.333. The molecule has 1 aromatic rings. The Kier molecular flexibility index (Phi) is 3.12. The topological polar surface area (TPSA) is 32.3 Å². The minimum absolute atomic E-state index is 0.374. The van der Waals surface area contributed by atoms with Crippen LogP contribution in [-0.2, 0) is 6.54 Å². The third kappa shape index (κ3) is 1.79. The van der Waals surface area contributed by atoms with Gasteiger partial charge in [0.1, 0.15) is 5.75 Å². The second-order valence-corrected chi connectivity index (χ2v) is 3.58. The Morgan fingerprint density at radius 2 is 2.17 bits per heavy atom. The number of nitrogens with one attached hydrogen (secondary N) is 1. The van der Waals surface area contributed by atoms with E-state index in [-0.39, 0.29) is 0 Å². The van der Waals surface area contributed by atoms with Crippen LogP contribution in [0.25, 0.3) is 0 Å². The van der Waals surface area contributed by atoms with Gasteiger partial charge in [0.25, 0.3) is 0 Å². The fourth-order valence-electron chi connectivity index (χ4n) is 1.07. The van der Waals surface area contributed by atoms with Crippen molar-refractivity contribution in [2.24, 2.45) is 0 Å². The van der Waals surface area contributed by atoms with Gasteiger partial charge in [-0.15, -0.1) is 0 Å². The van der Waals surface area contributed by atoms with Crippen LogP contribution in [0.4, 0.5) is 0 Å². The first kappa shape index (κ1) is 9.55. The lowest BCUT2D eigenvalue weighted by Gasteiger charge is -2.08. The highest BCUT2D eigenvalue weighted by Gasteiger charge is 2.06. The van der Waals surface area contributed by atoms with E-state index in [4.69, 9.17) is 0 Å². The maximum atomic E-state index is 9.64. The predicted octanol–water partition coefficient (Wildman–Crippen LogP) is 2.18. The maximum absolute atomic E-state index is 9.64. The molecule has 0 aliphatic heterocycles. The van der Waals surface area contributed by atoms with Crippen LogP contribution in [0.3, 0.4) is 0 Å². The number of hydrogen-bond acceptors (Lipinski definition) is 2. The van der Waals surface area contributed by atoms with Gasteiger partial charge in [-0.1, -0.05) is 22.0 Å². The van der Waals surface area contributed by atoms with Crippen molar-refractivity contribution >= 4 is 15.9 Å². The van der Waals surface area contributed by atoms with E-state index < -0.39 is 0 Å². The van der Waals surface area contributed by atoms with Crippen LogP contribution in [0.5, 0.6) is 5.75 Å². The highest BCUT2D eigenvalue weighted by molar-refractivity contribution is 9.10. The summed E-state index contributed by atoms with van der Waals surface area (Å²) in [7, 11) is 1.86. The quantitative estimate of drug-likeness (QED) is 0.816. The molecule has 0 bridgehead atoms. The zero-order valence-corrected chi connectivity index (χ0v) is 8.77. The summed E-state index contributed by atoms with van der Waals surface area (Å²) in [5.74, 6) is 0.374. The van der Waals surface area contributed by atoms with Crippen molar-refractivity contribution in [3.63, 3.8) is 0 Å². The SMILES string of the molecule is CNCc1c(Br)ccc(C)c1O. The lowest BCUT2D eigenvalue weighted by molar-refractivity contribution is 0.461. The zero-order chi connectivity index (χ0) is 9.14. The summed E-state index contributed by atoms with van der Waals surface area (Å²) < 4.78 is 0.944. The lowest BCUT2D eigenvalue weighted by atomic mass is 10.1. The standard InChI is InChI=1S/C9H12BrNO/c1-6-3-4-8(10)7(5-11-2)9(6)12/h3-4,11-12H,5H2,1-2H3. The lowest BCUT2D eigenvalue weighted by Crippen LogP contribution is -2.06. The first-order chi connectivity index (χ1) is 5.66. The van der Waals surface area contributed by atoms with Crippen LogP contribution < -0.4 is 5.32 Å². The van der Waals surface area contributed by atoms with Gasteiger partial charge in [0.05, 0.1) is 0 Å². The molecule has 0 spiro atoms. The number of aromatic hydroxyl groups is 1. The van der Waals surface area contributed by atoms with Crippen LogP contribution in [0.15, 0.2) is 16.6 Å². The number of benzene rings is 1. The summed E-state index contributed by atoms with van der Waals surface area (Å²) >= 11 is 3.38. The van der Waals surface area contributed by atoms with E-state index in [1.165, 1.54) is 0 Å². The Bertz CT molecular complexity index is 286. The van der Waals surface area contributed by atoms with E-state index >= 15 is 0 Å². The van der Waals surface area contributed by atoms with E-state index in [1.54, 1.807) is 0 Å². The van der Waals surface area contributed by atoms with Gasteiger partial charge < -0.3 is 10.4 Å². The van der Waals surface area contributed by atoms with Crippen molar-refractivity contribution < 1.29 is 5.11 Å². The Hall–Kier alpha value is -0.540. The molecule has 0 aromatic heterocycles. The molecule has 0 radical (unpaired) electrons. The van der Waals surface area contributed by atoms with E-state index in [9.17, 15) is 5.11 Å². The van der Waals surface area contributed by atoms with Gasteiger partial charge in [-0.25, -0.2) is 0 Å². The summed E-state index contributed by atoms with van der Waals surface area (Å²) in [6.07, 6.45) is 0. The first-order valence-corrected chi connectivity index (χ1v) is 4.57. The Labute approximate surface area is 80.7 Å². The molecule has 12 heavy (non-hydrogen) atoms. The minimum atomic E-state index is 0.374. The molecule has 0 unspecified atom stereocenters. The van der Waals surface area contributed by atoms with E-state index in [2.05, 4.69) is 21.2 Å². The van der Waals surface area contributed by atoms with E-state index in [1.807, 2.05) is 26.1 Å². The van der Waals surface area contributed by atoms with Crippen LogP contribution in [-0.4, -0.2) is 12.2 Å². The van der Waals surface area contributed by atoms with Crippen LogP contribution in [0.2, 0.25) is 0 Å². The van der Waals surface area contributed by atoms with Crippen molar-refractivity contribution in [3.8, 4) is 5.75 Å². The summed E-state index contributed by atoms with van der Waals surface area (Å²) in [4.78, 5) is 0. The third-order valence-corrected chi connectivity index (χ3v) is 2.52. The molecule has 0 aliphatic carbocycles. The van der Waals surface area contributed by atoms with Crippen molar-refractivity contribution in [1.82, 2.24) is 5.32 Å². The van der Waals surface area contributed by atoms with E-state index in [0.29, 0.717) is 12.3 Å². The Morgan fingerprint density at radius 1 is 1.50 bits per heavy atom. The molecule has 1 aromatic carbocycles. The van der Waals surface area contributed by atoms with Crippen LogP contribution >= 0.6 is 15.9 Å². The second kappa shape index (κ2) is 3.92. The Morgan fingerprint density at radius 3 is 2.75 bits per heavy atom. The molecule has 1 rings (SSSR count). The summed E-state index contributed by atoms with van der Waals surface area (Å²) in [5, 5.41) is 12.6. The number of hydrogen-bond donors (Lipinski definition) is 2. The maximum Gasteiger partial charge on any atom is 0.124 e. The minimum Gasteiger partial charge on any atom is -0.507 e. The van der Waals surface area contributed by atoms with Gasteiger partial charge in [0.15, 0.2) is 0 Å². The molecule has 0 saturated carbocycles. The predicted molar refractivity (Wildman–Crippen MR) is 53.3 cm³/mol. The van der Waals surface area contributed by atoms with Crippen LogP contribution in [0, 0.1) is 6.92 Å². The van der Waals surface area contributed by atoms with Gasteiger partial charge in [0, 0.05) is 16.6 Å². The van der Waals surface area contributed by atoms with Crippen molar-refractivity contribution in [1.29, 1.82) is 0 Å². The second-order valence-electron chi connectivity index (χ2n) is 2.72. The molecule has 2 nitrogen and oxygen atoms in total. The fourth-order valence-corrected chi connectivity index (χ4v) is 1.53. The molecule has 0 amide bonds. The molecule has 66 valence electrons. The van der Waals surface area contributed by atoms with Gasteiger partial charge in [-0.2, -0.15) is 0 Å². The smallest absolute Gasteiger partial charge is 0.124 e. The number of aryl methyl sites for hydroxylation is 1. The van der Waals surface area contributed by atoms with Crippen molar-refractivity contribution in [3.05, 3.63) is 27.7 Å². The van der Waals surface area contributed by atoms with E-state index in [0.717, 1.165) is 15.6 Å². The molecular weight excluding hydrogens is 218 g/mol. The number of phenolic OH excluding ortho intramolecular Hbond substituents is 1. The molecule has 0 heterocycles. The average molecular weight is 230 g/mol. The largest absolute Gasteiger partial charge is 0.507 e. The number of halogens is 1. The van der Waals surface area contributed by atoms with Gasteiger partial charge >= 0.3 is 0 Å². The monoisotopic (exact) mass is 229 g/mol. The third-order valence-electron chi connectivity index (χ3n) is 1.78. The molecular formula is C9H12BrNO. The van der Waals surface area contributed by atoms with Gasteiger partial charge in [-0.3, -0.25) is 0 Å². The molecule has 3 heteroatoms. The zero-order valence-electron chi connectivity index (χ0n) is 7.19. The summed E-state index contributed by atoms with van der Waals surface area (Å²) in [6, 6.07) is 3.83. The molecule has 0 atom stereocenters. The highest BCUT2D eigenvalue weighted by atomic mass is 79.9. The number of phenols is 1.